The predicted octanol–water partition coefficient (Wildman–Crippen LogP) is 2.29. The van der Waals surface area contributed by atoms with E-state index in [2.05, 4.69) is 5.32 Å². The highest BCUT2D eigenvalue weighted by Gasteiger charge is 2.15. The summed E-state index contributed by atoms with van der Waals surface area (Å²) in [5.41, 5.74) is 0.578. The lowest BCUT2D eigenvalue weighted by atomic mass is 10.1. The van der Waals surface area contributed by atoms with Gasteiger partial charge in [-0.05, 0) is 31.0 Å². The second kappa shape index (κ2) is 5.98. The standard InChI is InChI=1S/C12H15ClFNO2/c1-3-8(6-16)15-12(17)9-4-7(2)11(14)5-10(9)13/h4-5,8,16H,3,6H2,1-2H3,(H,15,17). The summed E-state index contributed by atoms with van der Waals surface area (Å²) in [6, 6.07) is 2.20. The van der Waals surface area contributed by atoms with Crippen LogP contribution < -0.4 is 5.32 Å². The summed E-state index contributed by atoms with van der Waals surface area (Å²) in [6.07, 6.45) is 0.611. The predicted molar refractivity (Wildman–Crippen MR) is 64.8 cm³/mol. The zero-order chi connectivity index (χ0) is 13.0. The molecule has 0 saturated carbocycles. The molecule has 1 atom stereocenters. The van der Waals surface area contributed by atoms with E-state index in [1.54, 1.807) is 6.92 Å². The Morgan fingerprint density at radius 1 is 1.59 bits per heavy atom. The van der Waals surface area contributed by atoms with E-state index in [0.717, 1.165) is 6.07 Å². The van der Waals surface area contributed by atoms with Crippen LogP contribution in [0.2, 0.25) is 5.02 Å². The topological polar surface area (TPSA) is 49.3 Å². The van der Waals surface area contributed by atoms with Crippen LogP contribution in [0.4, 0.5) is 4.39 Å². The fourth-order valence-electron chi connectivity index (χ4n) is 1.37. The number of carbonyl (C=O) groups excluding carboxylic acids is 1. The van der Waals surface area contributed by atoms with Crippen LogP contribution in [-0.2, 0) is 0 Å². The smallest absolute Gasteiger partial charge is 0.253 e. The summed E-state index contributed by atoms with van der Waals surface area (Å²) >= 11 is 5.80. The van der Waals surface area contributed by atoms with E-state index in [4.69, 9.17) is 16.7 Å². The van der Waals surface area contributed by atoms with Gasteiger partial charge in [0.05, 0.1) is 23.2 Å². The molecule has 3 nitrogen and oxygen atoms in total. The van der Waals surface area contributed by atoms with Gasteiger partial charge in [-0.15, -0.1) is 0 Å². The maximum absolute atomic E-state index is 13.2. The Balaban J connectivity index is 2.93. The van der Waals surface area contributed by atoms with E-state index in [1.807, 2.05) is 6.92 Å². The van der Waals surface area contributed by atoms with Gasteiger partial charge in [0.1, 0.15) is 5.82 Å². The summed E-state index contributed by atoms with van der Waals surface area (Å²) in [7, 11) is 0. The molecule has 17 heavy (non-hydrogen) atoms. The zero-order valence-corrected chi connectivity index (χ0v) is 10.5. The molecule has 2 N–H and O–H groups in total. The molecular weight excluding hydrogens is 245 g/mol. The third-order valence-corrected chi connectivity index (χ3v) is 2.85. The maximum Gasteiger partial charge on any atom is 0.253 e. The van der Waals surface area contributed by atoms with Gasteiger partial charge >= 0.3 is 0 Å². The Morgan fingerprint density at radius 2 is 2.24 bits per heavy atom. The van der Waals surface area contributed by atoms with E-state index < -0.39 is 11.7 Å². The molecule has 0 aliphatic heterocycles. The van der Waals surface area contributed by atoms with Crippen LogP contribution in [0.15, 0.2) is 12.1 Å². The first kappa shape index (κ1) is 13.9. The molecule has 0 aliphatic carbocycles. The molecule has 0 spiro atoms. The number of hydrogen-bond acceptors (Lipinski definition) is 2. The van der Waals surface area contributed by atoms with Gasteiger partial charge < -0.3 is 10.4 Å². The molecule has 0 aromatic heterocycles. The van der Waals surface area contributed by atoms with Gasteiger partial charge in [0.2, 0.25) is 0 Å². The summed E-state index contributed by atoms with van der Waals surface area (Å²) in [4.78, 5) is 11.8. The molecule has 0 heterocycles. The van der Waals surface area contributed by atoms with Gasteiger partial charge in [-0.1, -0.05) is 18.5 Å². The molecular formula is C12H15ClFNO2. The number of hydrogen-bond donors (Lipinski definition) is 2. The Labute approximate surface area is 105 Å². The number of halogens is 2. The van der Waals surface area contributed by atoms with Crippen LogP contribution in [0.25, 0.3) is 0 Å². The molecule has 0 bridgehead atoms. The van der Waals surface area contributed by atoms with Gasteiger partial charge in [0.25, 0.3) is 5.91 Å². The summed E-state index contributed by atoms with van der Waals surface area (Å²) in [5, 5.41) is 11.7. The highest BCUT2D eigenvalue weighted by atomic mass is 35.5. The second-order valence-corrected chi connectivity index (χ2v) is 4.25. The van der Waals surface area contributed by atoms with E-state index in [1.165, 1.54) is 6.07 Å². The SMILES string of the molecule is CCC(CO)NC(=O)c1cc(C)c(F)cc1Cl. The van der Waals surface area contributed by atoms with Gasteiger partial charge in [-0.2, -0.15) is 0 Å². The van der Waals surface area contributed by atoms with Crippen molar-refractivity contribution in [1.82, 2.24) is 5.32 Å². The molecule has 1 unspecified atom stereocenters. The summed E-state index contributed by atoms with van der Waals surface area (Å²) in [6.45, 7) is 3.27. The number of aliphatic hydroxyl groups excluding tert-OH is 1. The Kier molecular flexibility index (Phi) is 4.90. The fourth-order valence-corrected chi connectivity index (χ4v) is 1.61. The molecule has 5 heteroatoms. The third-order valence-electron chi connectivity index (χ3n) is 2.54. The lowest BCUT2D eigenvalue weighted by Crippen LogP contribution is -2.37. The minimum Gasteiger partial charge on any atom is -0.394 e. The van der Waals surface area contributed by atoms with Crippen LogP contribution in [0.5, 0.6) is 0 Å². The van der Waals surface area contributed by atoms with Crippen molar-refractivity contribution in [1.29, 1.82) is 0 Å². The molecule has 0 saturated heterocycles. The number of aryl methyl sites for hydroxylation is 1. The van der Waals surface area contributed by atoms with E-state index >= 15 is 0 Å². The number of amides is 1. The van der Waals surface area contributed by atoms with Crippen molar-refractivity contribution in [2.24, 2.45) is 0 Å². The first-order valence-corrected chi connectivity index (χ1v) is 5.74. The minimum atomic E-state index is -0.444. The maximum atomic E-state index is 13.2. The first-order valence-electron chi connectivity index (χ1n) is 5.37. The third kappa shape index (κ3) is 3.41. The Hall–Kier alpha value is -1.13. The number of nitrogens with one attached hydrogen (secondary N) is 1. The molecule has 1 amide bonds. The highest BCUT2D eigenvalue weighted by Crippen LogP contribution is 2.20. The number of rotatable bonds is 4. The number of benzene rings is 1. The lowest BCUT2D eigenvalue weighted by molar-refractivity contribution is 0.0915. The van der Waals surface area contributed by atoms with Crippen molar-refractivity contribution in [3.05, 3.63) is 34.1 Å². The van der Waals surface area contributed by atoms with Crippen LogP contribution in [0.3, 0.4) is 0 Å². The Morgan fingerprint density at radius 3 is 2.76 bits per heavy atom. The summed E-state index contributed by atoms with van der Waals surface area (Å²) < 4.78 is 13.2. The van der Waals surface area contributed by atoms with Gasteiger partial charge in [0, 0.05) is 0 Å². The fraction of sp³-hybridized carbons (Fsp3) is 0.417. The van der Waals surface area contributed by atoms with Crippen LogP contribution in [0.1, 0.15) is 29.3 Å². The average Bonchev–Trinajstić information content (AvgIpc) is 2.30. The lowest BCUT2D eigenvalue weighted by Gasteiger charge is -2.15. The van der Waals surface area contributed by atoms with Crippen molar-refractivity contribution in [3.8, 4) is 0 Å². The Bertz CT molecular complexity index is 419. The largest absolute Gasteiger partial charge is 0.394 e. The van der Waals surface area contributed by atoms with Crippen molar-refractivity contribution in [2.75, 3.05) is 6.61 Å². The van der Waals surface area contributed by atoms with Crippen molar-refractivity contribution in [3.63, 3.8) is 0 Å². The molecule has 0 radical (unpaired) electrons. The molecule has 1 rings (SSSR count). The van der Waals surface area contributed by atoms with Crippen molar-refractivity contribution in [2.45, 2.75) is 26.3 Å². The molecule has 0 fully saturated rings. The first-order chi connectivity index (χ1) is 7.99. The van der Waals surface area contributed by atoms with Crippen molar-refractivity contribution >= 4 is 17.5 Å². The minimum absolute atomic E-state index is 0.0680. The number of aliphatic hydroxyl groups is 1. The van der Waals surface area contributed by atoms with Gasteiger partial charge in [-0.25, -0.2) is 4.39 Å². The highest BCUT2D eigenvalue weighted by molar-refractivity contribution is 6.33. The van der Waals surface area contributed by atoms with Crippen LogP contribution >= 0.6 is 11.6 Å². The van der Waals surface area contributed by atoms with E-state index in [-0.39, 0.29) is 23.2 Å². The quantitative estimate of drug-likeness (QED) is 0.872. The molecule has 0 aliphatic rings. The average molecular weight is 260 g/mol. The normalized spacial score (nSPS) is 12.3. The monoisotopic (exact) mass is 259 g/mol. The second-order valence-electron chi connectivity index (χ2n) is 3.84. The number of carbonyl (C=O) groups is 1. The summed E-state index contributed by atoms with van der Waals surface area (Å²) in [5.74, 6) is -0.847. The molecule has 94 valence electrons. The van der Waals surface area contributed by atoms with Crippen molar-refractivity contribution < 1.29 is 14.3 Å². The van der Waals surface area contributed by atoms with Gasteiger partial charge in [-0.3, -0.25) is 4.79 Å². The van der Waals surface area contributed by atoms with Crippen LogP contribution in [0, 0.1) is 12.7 Å². The molecule has 1 aromatic rings. The van der Waals surface area contributed by atoms with E-state index in [0.29, 0.717) is 12.0 Å². The van der Waals surface area contributed by atoms with Crippen LogP contribution in [-0.4, -0.2) is 23.7 Å². The van der Waals surface area contributed by atoms with Gasteiger partial charge in [0.15, 0.2) is 0 Å². The zero-order valence-electron chi connectivity index (χ0n) is 9.76. The van der Waals surface area contributed by atoms with E-state index in [9.17, 15) is 9.18 Å². The molecule has 1 aromatic carbocycles.